The number of methoxy groups -OCH3 is 1. The van der Waals surface area contributed by atoms with Crippen LogP contribution in [0.1, 0.15) is 0 Å². The fourth-order valence-corrected chi connectivity index (χ4v) is 0.455. The standard InChI is InChI=1S/C7H9F3O3/c1-12-6(11)3-2-4-13-5-7(8,9)10/h2-3H,4-5H2,1H3. The van der Waals surface area contributed by atoms with E-state index in [4.69, 9.17) is 0 Å². The molecular formula is C7H9F3O3. The Morgan fingerprint density at radius 1 is 1.46 bits per heavy atom. The Balaban J connectivity index is 3.46. The van der Waals surface area contributed by atoms with Crippen LogP contribution in [0.25, 0.3) is 0 Å². The van der Waals surface area contributed by atoms with Gasteiger partial charge >= 0.3 is 12.1 Å². The second kappa shape index (κ2) is 5.58. The van der Waals surface area contributed by atoms with Gasteiger partial charge in [-0.15, -0.1) is 0 Å². The molecule has 0 N–H and O–H groups in total. The smallest absolute Gasteiger partial charge is 0.411 e. The zero-order valence-electron chi connectivity index (χ0n) is 6.93. The molecule has 0 saturated heterocycles. The van der Waals surface area contributed by atoms with Crippen molar-refractivity contribution in [3.63, 3.8) is 0 Å². The molecule has 0 saturated carbocycles. The minimum Gasteiger partial charge on any atom is -0.466 e. The first-order valence-electron chi connectivity index (χ1n) is 3.34. The molecule has 76 valence electrons. The number of carbonyl (C=O) groups is 1. The third kappa shape index (κ3) is 8.87. The molecule has 0 unspecified atom stereocenters. The molecule has 6 heteroatoms. The summed E-state index contributed by atoms with van der Waals surface area (Å²) < 4.78 is 42.8. The lowest BCUT2D eigenvalue weighted by Crippen LogP contribution is -2.16. The van der Waals surface area contributed by atoms with Crippen LogP contribution in [0.3, 0.4) is 0 Å². The highest BCUT2D eigenvalue weighted by Crippen LogP contribution is 2.14. The molecule has 0 heterocycles. The minimum atomic E-state index is -4.33. The molecule has 0 spiro atoms. The molecule has 0 atom stereocenters. The molecule has 0 bridgehead atoms. The summed E-state index contributed by atoms with van der Waals surface area (Å²) in [5.74, 6) is -0.629. The molecule has 0 aromatic carbocycles. The van der Waals surface area contributed by atoms with E-state index in [2.05, 4.69) is 9.47 Å². The Labute approximate surface area is 73.1 Å². The summed E-state index contributed by atoms with van der Waals surface area (Å²) >= 11 is 0. The van der Waals surface area contributed by atoms with Crippen molar-refractivity contribution in [3.05, 3.63) is 12.2 Å². The Morgan fingerprint density at radius 3 is 2.54 bits per heavy atom. The monoisotopic (exact) mass is 198 g/mol. The number of rotatable bonds is 4. The van der Waals surface area contributed by atoms with E-state index < -0.39 is 18.8 Å². The Bertz CT molecular complexity index is 186. The average molecular weight is 198 g/mol. The highest BCUT2D eigenvalue weighted by atomic mass is 19.4. The summed E-state index contributed by atoms with van der Waals surface area (Å²) in [6.07, 6.45) is -2.19. The molecule has 13 heavy (non-hydrogen) atoms. The number of hydrogen-bond donors (Lipinski definition) is 0. The van der Waals surface area contributed by atoms with Crippen molar-refractivity contribution in [1.29, 1.82) is 0 Å². The first-order valence-corrected chi connectivity index (χ1v) is 3.34. The van der Waals surface area contributed by atoms with Gasteiger partial charge in [0.2, 0.25) is 0 Å². The second-order valence-corrected chi connectivity index (χ2v) is 2.06. The van der Waals surface area contributed by atoms with Crippen LogP contribution in [0.5, 0.6) is 0 Å². The SMILES string of the molecule is COC(=O)C=CCOCC(F)(F)F. The maximum Gasteiger partial charge on any atom is 0.411 e. The molecule has 0 aliphatic carbocycles. The van der Waals surface area contributed by atoms with Gasteiger partial charge in [-0.3, -0.25) is 0 Å². The molecule has 3 nitrogen and oxygen atoms in total. The van der Waals surface area contributed by atoms with Gasteiger partial charge < -0.3 is 9.47 Å². The largest absolute Gasteiger partial charge is 0.466 e. The van der Waals surface area contributed by atoms with Gasteiger partial charge in [0.15, 0.2) is 0 Å². The van der Waals surface area contributed by atoms with E-state index in [9.17, 15) is 18.0 Å². The maximum absolute atomic E-state index is 11.5. The highest BCUT2D eigenvalue weighted by Gasteiger charge is 2.26. The number of carbonyl (C=O) groups excluding carboxylic acids is 1. The van der Waals surface area contributed by atoms with Gasteiger partial charge in [-0.1, -0.05) is 6.08 Å². The molecule has 0 radical (unpaired) electrons. The molecule has 0 aliphatic rings. The van der Waals surface area contributed by atoms with Crippen LogP contribution in [0.15, 0.2) is 12.2 Å². The maximum atomic E-state index is 11.5. The van der Waals surface area contributed by atoms with E-state index in [-0.39, 0.29) is 6.61 Å². The Kier molecular flexibility index (Phi) is 5.13. The third-order valence-electron chi connectivity index (χ3n) is 0.935. The first-order chi connectivity index (χ1) is 5.95. The van der Waals surface area contributed by atoms with E-state index in [1.54, 1.807) is 0 Å². The lowest BCUT2D eigenvalue weighted by atomic mass is 10.5. The number of esters is 1. The van der Waals surface area contributed by atoms with Crippen LogP contribution >= 0.6 is 0 Å². The quantitative estimate of drug-likeness (QED) is 0.388. The molecule has 0 aromatic rings. The third-order valence-corrected chi connectivity index (χ3v) is 0.935. The summed E-state index contributed by atoms with van der Waals surface area (Å²) in [7, 11) is 1.17. The minimum absolute atomic E-state index is 0.269. The number of ether oxygens (including phenoxy) is 2. The van der Waals surface area contributed by atoms with Crippen LogP contribution in [-0.2, 0) is 14.3 Å². The number of halogens is 3. The summed E-state index contributed by atoms with van der Waals surface area (Å²) in [6, 6.07) is 0. The van der Waals surface area contributed by atoms with Crippen LogP contribution < -0.4 is 0 Å². The van der Waals surface area contributed by atoms with Crippen molar-refractivity contribution in [2.45, 2.75) is 6.18 Å². The fraction of sp³-hybridized carbons (Fsp3) is 0.571. The van der Waals surface area contributed by atoms with E-state index >= 15 is 0 Å². The molecule has 0 fully saturated rings. The van der Waals surface area contributed by atoms with Gasteiger partial charge in [0.1, 0.15) is 6.61 Å². The topological polar surface area (TPSA) is 35.5 Å². The van der Waals surface area contributed by atoms with Crippen molar-refractivity contribution in [1.82, 2.24) is 0 Å². The Morgan fingerprint density at radius 2 is 2.08 bits per heavy atom. The van der Waals surface area contributed by atoms with Crippen molar-refractivity contribution in [2.24, 2.45) is 0 Å². The van der Waals surface area contributed by atoms with Crippen LogP contribution in [0, 0.1) is 0 Å². The van der Waals surface area contributed by atoms with Crippen LogP contribution in [0.2, 0.25) is 0 Å². The summed E-state index contributed by atoms with van der Waals surface area (Å²) in [5, 5.41) is 0. The van der Waals surface area contributed by atoms with E-state index in [1.807, 2.05) is 0 Å². The Hall–Kier alpha value is -1.04. The van der Waals surface area contributed by atoms with Crippen molar-refractivity contribution >= 4 is 5.97 Å². The van der Waals surface area contributed by atoms with Gasteiger partial charge in [-0.2, -0.15) is 13.2 Å². The average Bonchev–Trinajstić information content (AvgIpc) is 2.01. The summed E-state index contributed by atoms with van der Waals surface area (Å²) in [6.45, 7) is -1.59. The fourth-order valence-electron chi connectivity index (χ4n) is 0.455. The first kappa shape index (κ1) is 12.0. The van der Waals surface area contributed by atoms with E-state index in [0.717, 1.165) is 12.2 Å². The lowest BCUT2D eigenvalue weighted by molar-refractivity contribution is -0.171. The van der Waals surface area contributed by atoms with Gasteiger partial charge in [0.05, 0.1) is 13.7 Å². The van der Waals surface area contributed by atoms with Gasteiger partial charge in [-0.25, -0.2) is 4.79 Å². The lowest BCUT2D eigenvalue weighted by Gasteiger charge is -2.04. The van der Waals surface area contributed by atoms with Crippen molar-refractivity contribution in [2.75, 3.05) is 20.3 Å². The van der Waals surface area contributed by atoms with Crippen molar-refractivity contribution < 1.29 is 27.4 Å². The molecule has 0 aromatic heterocycles. The molecule has 0 rings (SSSR count). The van der Waals surface area contributed by atoms with Gasteiger partial charge in [0, 0.05) is 6.08 Å². The normalized spacial score (nSPS) is 12.0. The zero-order valence-corrected chi connectivity index (χ0v) is 6.93. The van der Waals surface area contributed by atoms with E-state index in [1.165, 1.54) is 7.11 Å². The van der Waals surface area contributed by atoms with Crippen LogP contribution in [-0.4, -0.2) is 32.5 Å². The molecular weight excluding hydrogens is 189 g/mol. The van der Waals surface area contributed by atoms with Crippen LogP contribution in [0.4, 0.5) is 13.2 Å². The highest BCUT2D eigenvalue weighted by molar-refractivity contribution is 5.81. The summed E-state index contributed by atoms with van der Waals surface area (Å²) in [4.78, 5) is 10.4. The zero-order chi connectivity index (χ0) is 10.3. The predicted octanol–water partition coefficient (Wildman–Crippen LogP) is 1.29. The second-order valence-electron chi connectivity index (χ2n) is 2.06. The number of alkyl halides is 3. The van der Waals surface area contributed by atoms with Gasteiger partial charge in [-0.05, 0) is 0 Å². The molecule has 0 amide bonds. The summed E-state index contributed by atoms with van der Waals surface area (Å²) in [5.41, 5.74) is 0. The van der Waals surface area contributed by atoms with Gasteiger partial charge in [0.25, 0.3) is 0 Å². The molecule has 0 aliphatic heterocycles. The predicted molar refractivity (Wildman–Crippen MR) is 38.0 cm³/mol. The van der Waals surface area contributed by atoms with E-state index in [0.29, 0.717) is 0 Å². The number of hydrogen-bond acceptors (Lipinski definition) is 3. The van der Waals surface area contributed by atoms with Crippen molar-refractivity contribution in [3.8, 4) is 0 Å².